The van der Waals surface area contributed by atoms with Crippen molar-refractivity contribution in [1.29, 1.82) is 0 Å². The smallest absolute Gasteiger partial charge is 0.341 e. The summed E-state index contributed by atoms with van der Waals surface area (Å²) >= 11 is 1.42. The molecule has 0 aliphatic heterocycles. The molecule has 150 valence electrons. The molecule has 4 rings (SSSR count). The summed E-state index contributed by atoms with van der Waals surface area (Å²) in [5, 5.41) is 15.3. The number of ether oxygens (including phenoxy) is 1. The van der Waals surface area contributed by atoms with Crippen LogP contribution in [0.3, 0.4) is 0 Å². The third-order valence-corrected chi connectivity index (χ3v) is 7.78. The Morgan fingerprint density at radius 1 is 1.29 bits per heavy atom. The number of carboxylic acids is 1. The molecule has 1 heterocycles. The summed E-state index contributed by atoms with van der Waals surface area (Å²) in [6, 6.07) is 0. The molecule has 0 aromatic carbocycles. The quantitative estimate of drug-likeness (QED) is 0.602. The summed E-state index contributed by atoms with van der Waals surface area (Å²) in [6.07, 6.45) is 8.21. The average Bonchev–Trinajstić information content (AvgIpc) is 3.33. The average molecular weight is 402 g/mol. The first kappa shape index (κ1) is 19.2. The molecule has 1 aromatic heterocycles. The van der Waals surface area contributed by atoms with Gasteiger partial charge in [-0.1, -0.05) is 19.1 Å². The van der Waals surface area contributed by atoms with Crippen LogP contribution in [0, 0.1) is 23.2 Å². The zero-order valence-electron chi connectivity index (χ0n) is 16.1. The highest BCUT2D eigenvalue weighted by atomic mass is 32.1. The predicted molar refractivity (Wildman–Crippen MR) is 103 cm³/mol. The Bertz CT molecular complexity index is 872. The van der Waals surface area contributed by atoms with Crippen LogP contribution in [0.15, 0.2) is 12.2 Å². The Balaban J connectivity index is 1.67. The van der Waals surface area contributed by atoms with Crippen molar-refractivity contribution >= 4 is 34.2 Å². The Morgan fingerprint density at radius 3 is 2.75 bits per heavy atom. The van der Waals surface area contributed by atoms with E-state index in [4.69, 9.17) is 4.74 Å². The highest BCUT2D eigenvalue weighted by Crippen LogP contribution is 2.56. The summed E-state index contributed by atoms with van der Waals surface area (Å²) in [7, 11) is 0. The van der Waals surface area contributed by atoms with Crippen molar-refractivity contribution < 1.29 is 24.2 Å². The maximum atomic E-state index is 13.2. The first-order valence-corrected chi connectivity index (χ1v) is 10.7. The molecule has 1 amide bonds. The highest BCUT2D eigenvalue weighted by Gasteiger charge is 2.57. The van der Waals surface area contributed by atoms with E-state index in [-0.39, 0.29) is 24.3 Å². The third-order valence-electron chi connectivity index (χ3n) is 6.57. The predicted octanol–water partition coefficient (Wildman–Crippen LogP) is 2.32. The van der Waals surface area contributed by atoms with Gasteiger partial charge in [-0.25, -0.2) is 4.79 Å². The number of thiophene rings is 1. The second-order valence-electron chi connectivity index (χ2n) is 8.06. The second-order valence-corrected chi connectivity index (χ2v) is 9.17. The second kappa shape index (κ2) is 7.03. The number of aryl methyl sites for hydroxylation is 1. The van der Waals surface area contributed by atoms with Gasteiger partial charge in [-0.15, -0.1) is 11.3 Å². The van der Waals surface area contributed by atoms with Crippen LogP contribution in [0.2, 0.25) is 0 Å². The monoisotopic (exact) mass is 402 g/mol. The zero-order chi connectivity index (χ0) is 20.1. The first-order valence-electron chi connectivity index (χ1n) is 9.90. The maximum Gasteiger partial charge on any atom is 0.341 e. The molecule has 2 bridgehead atoms. The van der Waals surface area contributed by atoms with Crippen LogP contribution in [0.5, 0.6) is 0 Å². The van der Waals surface area contributed by atoms with Gasteiger partial charge in [0.15, 0.2) is 0 Å². The van der Waals surface area contributed by atoms with E-state index in [0.717, 1.165) is 36.1 Å². The van der Waals surface area contributed by atoms with E-state index in [2.05, 4.69) is 5.32 Å². The SMILES string of the molecule is CCOC(=O)c1c(NC(=O)[C@H]2[C@@H]3C=C[C@H](C3)[C@@]2(C)C(=O)[O-])sc2c1CCCC2. The van der Waals surface area contributed by atoms with Gasteiger partial charge < -0.3 is 20.0 Å². The van der Waals surface area contributed by atoms with Gasteiger partial charge in [0, 0.05) is 16.3 Å². The van der Waals surface area contributed by atoms with Crippen LogP contribution in [0.25, 0.3) is 0 Å². The number of rotatable bonds is 5. The Labute approximate surface area is 168 Å². The van der Waals surface area contributed by atoms with Crippen molar-refractivity contribution in [2.75, 3.05) is 11.9 Å². The topological polar surface area (TPSA) is 95.5 Å². The number of nitrogens with one attached hydrogen (secondary N) is 1. The van der Waals surface area contributed by atoms with Gasteiger partial charge in [0.05, 0.1) is 18.1 Å². The van der Waals surface area contributed by atoms with E-state index < -0.39 is 23.3 Å². The fourth-order valence-corrected chi connectivity index (χ4v) is 6.38. The van der Waals surface area contributed by atoms with Crippen LogP contribution in [-0.2, 0) is 27.2 Å². The minimum atomic E-state index is -1.23. The Hall–Kier alpha value is -2.15. The standard InChI is InChI=1S/C21H25NO5S/c1-3-27-19(24)15-13-6-4-5-7-14(13)28-18(15)22-17(23)16-11-8-9-12(10-11)21(16,2)20(25)26/h8-9,11-12,16H,3-7,10H2,1-2H3,(H,22,23)(H,25,26)/p-1/t11-,12-,16-,21-/m1/s1. The Morgan fingerprint density at radius 2 is 2.04 bits per heavy atom. The molecular weight excluding hydrogens is 378 g/mol. The minimum Gasteiger partial charge on any atom is -0.550 e. The molecule has 3 aliphatic rings. The number of amides is 1. The Kier molecular flexibility index (Phi) is 4.81. The van der Waals surface area contributed by atoms with E-state index in [1.807, 2.05) is 12.2 Å². The molecular formula is C21H24NO5S-. The van der Waals surface area contributed by atoms with E-state index >= 15 is 0 Å². The van der Waals surface area contributed by atoms with Gasteiger partial charge >= 0.3 is 5.97 Å². The van der Waals surface area contributed by atoms with Crippen LogP contribution >= 0.6 is 11.3 Å². The summed E-state index contributed by atoms with van der Waals surface area (Å²) in [4.78, 5) is 38.8. The van der Waals surface area contributed by atoms with Gasteiger partial charge in [0.2, 0.25) is 5.91 Å². The number of aliphatic carboxylic acids is 1. The maximum absolute atomic E-state index is 13.2. The van der Waals surface area contributed by atoms with Crippen molar-refractivity contribution in [3.63, 3.8) is 0 Å². The minimum absolute atomic E-state index is 0.117. The van der Waals surface area contributed by atoms with Gasteiger partial charge in [0.1, 0.15) is 5.00 Å². The molecule has 1 aromatic rings. The lowest BCUT2D eigenvalue weighted by atomic mass is 9.69. The van der Waals surface area contributed by atoms with Crippen molar-refractivity contribution in [1.82, 2.24) is 0 Å². The van der Waals surface area contributed by atoms with Gasteiger partial charge in [0.25, 0.3) is 0 Å². The molecule has 7 heteroatoms. The molecule has 3 aliphatic carbocycles. The van der Waals surface area contributed by atoms with E-state index in [9.17, 15) is 19.5 Å². The number of allylic oxidation sites excluding steroid dienone is 2. The number of anilines is 1. The molecule has 1 saturated carbocycles. The van der Waals surface area contributed by atoms with Gasteiger partial charge in [-0.2, -0.15) is 0 Å². The number of fused-ring (bicyclic) bond motifs is 3. The molecule has 1 N–H and O–H groups in total. The lowest BCUT2D eigenvalue weighted by molar-refractivity contribution is -0.321. The third kappa shape index (κ3) is 2.79. The van der Waals surface area contributed by atoms with Crippen molar-refractivity contribution in [3.8, 4) is 0 Å². The van der Waals surface area contributed by atoms with Crippen LogP contribution < -0.4 is 10.4 Å². The number of carboxylic acid groups (broad SMARTS) is 1. The van der Waals surface area contributed by atoms with Crippen LogP contribution in [0.1, 0.15) is 53.9 Å². The highest BCUT2D eigenvalue weighted by molar-refractivity contribution is 7.17. The summed E-state index contributed by atoms with van der Waals surface area (Å²) in [6.45, 7) is 3.62. The summed E-state index contributed by atoms with van der Waals surface area (Å²) < 4.78 is 5.23. The van der Waals surface area contributed by atoms with Crippen molar-refractivity contribution in [2.45, 2.75) is 46.0 Å². The van der Waals surface area contributed by atoms with E-state index in [1.54, 1.807) is 13.8 Å². The van der Waals surface area contributed by atoms with E-state index in [1.165, 1.54) is 11.3 Å². The van der Waals surface area contributed by atoms with Crippen molar-refractivity contribution in [2.24, 2.45) is 23.2 Å². The fourth-order valence-electron chi connectivity index (χ4n) is 5.10. The summed E-state index contributed by atoms with van der Waals surface area (Å²) in [5.41, 5.74) is 0.189. The lowest BCUT2D eigenvalue weighted by Crippen LogP contribution is -2.51. The first-order chi connectivity index (χ1) is 13.4. The summed E-state index contributed by atoms with van der Waals surface area (Å²) in [5.74, 6) is -2.99. The molecule has 0 unspecified atom stereocenters. The number of carbonyl (C=O) groups is 3. The number of esters is 1. The number of carbonyl (C=O) groups excluding carboxylic acids is 3. The number of hydrogen-bond donors (Lipinski definition) is 1. The van der Waals surface area contributed by atoms with E-state index in [0.29, 0.717) is 17.0 Å². The van der Waals surface area contributed by atoms with Crippen molar-refractivity contribution in [3.05, 3.63) is 28.2 Å². The fraction of sp³-hybridized carbons (Fsp3) is 0.571. The molecule has 6 nitrogen and oxygen atoms in total. The normalized spacial score (nSPS) is 30.1. The van der Waals surface area contributed by atoms with Crippen LogP contribution in [0.4, 0.5) is 5.00 Å². The van der Waals surface area contributed by atoms with Gasteiger partial charge in [-0.05, 0) is 56.4 Å². The number of hydrogen-bond acceptors (Lipinski definition) is 6. The molecule has 0 saturated heterocycles. The van der Waals surface area contributed by atoms with Crippen LogP contribution in [-0.4, -0.2) is 24.5 Å². The molecule has 1 fully saturated rings. The largest absolute Gasteiger partial charge is 0.550 e. The lowest BCUT2D eigenvalue weighted by Gasteiger charge is -2.38. The van der Waals surface area contributed by atoms with Gasteiger partial charge in [-0.3, -0.25) is 4.79 Å². The zero-order valence-corrected chi connectivity index (χ0v) is 16.9. The molecule has 0 radical (unpaired) electrons. The molecule has 0 spiro atoms. The molecule has 4 atom stereocenters. The molecule has 28 heavy (non-hydrogen) atoms.